The van der Waals surface area contributed by atoms with E-state index in [2.05, 4.69) is 27.2 Å². The van der Waals surface area contributed by atoms with E-state index in [0.717, 1.165) is 62.7 Å². The number of likely N-dealkylation sites (tertiary alicyclic amines) is 1. The third-order valence-electron chi connectivity index (χ3n) is 5.94. The van der Waals surface area contributed by atoms with Gasteiger partial charge in [0.15, 0.2) is 0 Å². The van der Waals surface area contributed by atoms with Crippen molar-refractivity contribution < 1.29 is 9.32 Å². The number of aromatic nitrogens is 1. The largest absolute Gasteiger partial charge is 0.361 e. The summed E-state index contributed by atoms with van der Waals surface area (Å²) < 4.78 is 5.30. The lowest BCUT2D eigenvalue weighted by Gasteiger charge is -2.27. The second-order valence-corrected chi connectivity index (χ2v) is 9.16. The standard InChI is InChI=1S/C21H30N4O2S/c1-14(10-24-7-4-5-8-24)22-21(26)19-13-28-20-12-25(9-6-17(19)20)11-18-15(2)23-27-16(18)3/h13-14H,4-12H2,1-3H3,(H,22,26)/t14-/m0/s1. The van der Waals surface area contributed by atoms with Crippen LogP contribution in [0.3, 0.4) is 0 Å². The molecule has 0 spiro atoms. The molecular weight excluding hydrogens is 372 g/mol. The summed E-state index contributed by atoms with van der Waals surface area (Å²) in [6.07, 6.45) is 3.48. The Morgan fingerprint density at radius 1 is 1.29 bits per heavy atom. The van der Waals surface area contributed by atoms with Crippen LogP contribution in [-0.4, -0.2) is 53.1 Å². The molecule has 0 bridgehead atoms. The quantitative estimate of drug-likeness (QED) is 0.804. The highest BCUT2D eigenvalue weighted by molar-refractivity contribution is 7.10. The van der Waals surface area contributed by atoms with Crippen LogP contribution in [0.15, 0.2) is 9.90 Å². The number of aryl methyl sites for hydroxylation is 2. The second-order valence-electron chi connectivity index (χ2n) is 8.20. The summed E-state index contributed by atoms with van der Waals surface area (Å²) >= 11 is 1.71. The Hall–Kier alpha value is -1.70. The first kappa shape index (κ1) is 19.6. The molecule has 28 heavy (non-hydrogen) atoms. The van der Waals surface area contributed by atoms with Gasteiger partial charge >= 0.3 is 0 Å². The van der Waals surface area contributed by atoms with Gasteiger partial charge in [-0.25, -0.2) is 0 Å². The van der Waals surface area contributed by atoms with Crippen LogP contribution in [0.2, 0.25) is 0 Å². The van der Waals surface area contributed by atoms with Crippen molar-refractivity contribution in [1.29, 1.82) is 0 Å². The number of rotatable bonds is 6. The first-order valence-electron chi connectivity index (χ1n) is 10.3. The molecular formula is C21H30N4O2S. The Balaban J connectivity index is 1.37. The molecule has 1 atom stereocenters. The van der Waals surface area contributed by atoms with Crippen LogP contribution in [0.5, 0.6) is 0 Å². The van der Waals surface area contributed by atoms with E-state index in [1.807, 2.05) is 19.2 Å². The average molecular weight is 403 g/mol. The average Bonchev–Trinajstić information content (AvgIpc) is 3.38. The zero-order valence-electron chi connectivity index (χ0n) is 17.1. The van der Waals surface area contributed by atoms with Crippen molar-refractivity contribution in [1.82, 2.24) is 20.3 Å². The smallest absolute Gasteiger partial charge is 0.252 e. The van der Waals surface area contributed by atoms with Crippen LogP contribution in [-0.2, 0) is 19.5 Å². The summed E-state index contributed by atoms with van der Waals surface area (Å²) in [5.74, 6) is 0.991. The summed E-state index contributed by atoms with van der Waals surface area (Å²) in [4.78, 5) is 19.0. The molecule has 2 aromatic heterocycles. The van der Waals surface area contributed by atoms with E-state index in [4.69, 9.17) is 4.52 Å². The van der Waals surface area contributed by atoms with Crippen molar-refractivity contribution >= 4 is 17.2 Å². The lowest BCUT2D eigenvalue weighted by Crippen LogP contribution is -2.41. The Morgan fingerprint density at radius 3 is 2.79 bits per heavy atom. The molecule has 0 saturated carbocycles. The Morgan fingerprint density at radius 2 is 2.07 bits per heavy atom. The maximum absolute atomic E-state index is 12.8. The minimum Gasteiger partial charge on any atom is -0.361 e. The molecule has 0 unspecified atom stereocenters. The van der Waals surface area contributed by atoms with E-state index in [-0.39, 0.29) is 11.9 Å². The number of hydrogen-bond acceptors (Lipinski definition) is 6. The summed E-state index contributed by atoms with van der Waals surface area (Å²) in [7, 11) is 0. The predicted octanol–water partition coefficient (Wildman–Crippen LogP) is 3.13. The van der Waals surface area contributed by atoms with Crippen LogP contribution in [0, 0.1) is 13.8 Å². The van der Waals surface area contributed by atoms with Gasteiger partial charge in [-0.3, -0.25) is 9.69 Å². The molecule has 1 amide bonds. The Kier molecular flexibility index (Phi) is 5.85. The van der Waals surface area contributed by atoms with E-state index >= 15 is 0 Å². The van der Waals surface area contributed by atoms with Gasteiger partial charge in [-0.05, 0) is 58.7 Å². The molecule has 0 radical (unpaired) electrons. The van der Waals surface area contributed by atoms with Crippen LogP contribution >= 0.6 is 11.3 Å². The molecule has 0 aliphatic carbocycles. The van der Waals surface area contributed by atoms with Gasteiger partial charge in [0.2, 0.25) is 0 Å². The van der Waals surface area contributed by atoms with Crippen molar-refractivity contribution in [2.24, 2.45) is 0 Å². The highest BCUT2D eigenvalue weighted by atomic mass is 32.1. The van der Waals surface area contributed by atoms with Crippen LogP contribution in [0.1, 0.15) is 57.6 Å². The summed E-state index contributed by atoms with van der Waals surface area (Å²) in [6.45, 7) is 12.1. The molecule has 2 aliphatic heterocycles. The van der Waals surface area contributed by atoms with Gasteiger partial charge < -0.3 is 14.7 Å². The molecule has 2 aromatic rings. The number of thiophene rings is 1. The molecule has 1 N–H and O–H groups in total. The van der Waals surface area contributed by atoms with Gasteiger partial charge in [-0.2, -0.15) is 0 Å². The van der Waals surface area contributed by atoms with Gasteiger partial charge in [0.25, 0.3) is 5.91 Å². The zero-order chi connectivity index (χ0) is 19.7. The number of amides is 1. The van der Waals surface area contributed by atoms with E-state index < -0.39 is 0 Å². The lowest BCUT2D eigenvalue weighted by atomic mass is 10.0. The van der Waals surface area contributed by atoms with Gasteiger partial charge in [0.05, 0.1) is 11.3 Å². The van der Waals surface area contributed by atoms with Crippen molar-refractivity contribution in [2.75, 3.05) is 26.2 Å². The maximum Gasteiger partial charge on any atom is 0.252 e. The Labute approximate surface area is 170 Å². The molecule has 152 valence electrons. The number of nitrogens with one attached hydrogen (secondary N) is 1. The molecule has 1 fully saturated rings. The zero-order valence-corrected chi connectivity index (χ0v) is 17.9. The minimum absolute atomic E-state index is 0.0865. The van der Waals surface area contributed by atoms with Gasteiger partial charge in [0, 0.05) is 48.0 Å². The van der Waals surface area contributed by atoms with E-state index in [1.165, 1.54) is 28.8 Å². The van der Waals surface area contributed by atoms with Gasteiger partial charge in [-0.1, -0.05) is 5.16 Å². The highest BCUT2D eigenvalue weighted by Gasteiger charge is 2.26. The summed E-state index contributed by atoms with van der Waals surface area (Å²) in [6, 6.07) is 0.181. The normalized spacial score (nSPS) is 19.0. The van der Waals surface area contributed by atoms with Gasteiger partial charge in [0.1, 0.15) is 5.76 Å². The topological polar surface area (TPSA) is 61.6 Å². The fourth-order valence-corrected chi connectivity index (χ4v) is 5.48. The van der Waals surface area contributed by atoms with E-state index in [1.54, 1.807) is 11.3 Å². The minimum atomic E-state index is 0.0865. The van der Waals surface area contributed by atoms with E-state index in [0.29, 0.717) is 0 Å². The number of hydrogen-bond donors (Lipinski definition) is 1. The van der Waals surface area contributed by atoms with Crippen molar-refractivity contribution in [3.05, 3.63) is 38.4 Å². The van der Waals surface area contributed by atoms with Crippen molar-refractivity contribution in [3.8, 4) is 0 Å². The number of nitrogens with zero attached hydrogens (tertiary/aromatic N) is 3. The molecule has 0 aromatic carbocycles. The van der Waals surface area contributed by atoms with Crippen molar-refractivity contribution in [3.63, 3.8) is 0 Å². The monoisotopic (exact) mass is 402 g/mol. The third-order valence-corrected chi connectivity index (χ3v) is 6.96. The molecule has 1 saturated heterocycles. The first-order chi connectivity index (χ1) is 13.5. The molecule has 4 heterocycles. The fraction of sp³-hybridized carbons (Fsp3) is 0.619. The SMILES string of the molecule is Cc1noc(C)c1CN1CCc2c(C(=O)N[C@@H](C)CN3CCCC3)csc2C1. The Bertz CT molecular complexity index is 818. The predicted molar refractivity (Wildman–Crippen MR) is 111 cm³/mol. The first-order valence-corrected chi connectivity index (χ1v) is 11.2. The van der Waals surface area contributed by atoms with Crippen LogP contribution < -0.4 is 5.32 Å². The van der Waals surface area contributed by atoms with Gasteiger partial charge in [-0.15, -0.1) is 11.3 Å². The summed E-state index contributed by atoms with van der Waals surface area (Å²) in [5, 5.41) is 9.32. The maximum atomic E-state index is 12.8. The van der Waals surface area contributed by atoms with E-state index in [9.17, 15) is 4.79 Å². The van der Waals surface area contributed by atoms with Crippen molar-refractivity contribution in [2.45, 2.75) is 59.2 Å². The fourth-order valence-electron chi connectivity index (χ4n) is 4.36. The molecule has 2 aliphatic rings. The third kappa shape index (κ3) is 4.16. The summed E-state index contributed by atoms with van der Waals surface area (Å²) in [5.41, 5.74) is 4.28. The lowest BCUT2D eigenvalue weighted by molar-refractivity contribution is 0.0930. The molecule has 7 heteroatoms. The highest BCUT2D eigenvalue weighted by Crippen LogP contribution is 2.30. The number of carbonyl (C=O) groups is 1. The molecule has 4 rings (SSSR count). The number of carbonyl (C=O) groups excluding carboxylic acids is 1. The van der Waals surface area contributed by atoms with Crippen LogP contribution in [0.4, 0.5) is 0 Å². The molecule has 6 nitrogen and oxygen atoms in total. The second kappa shape index (κ2) is 8.35. The van der Waals surface area contributed by atoms with Crippen LogP contribution in [0.25, 0.3) is 0 Å². The number of fused-ring (bicyclic) bond motifs is 1.